The lowest BCUT2D eigenvalue weighted by Gasteiger charge is -2.15. The maximum Gasteiger partial charge on any atom is 0.411 e. The summed E-state index contributed by atoms with van der Waals surface area (Å²) < 4.78 is 5.12. The van der Waals surface area contributed by atoms with Gasteiger partial charge in [-0.1, -0.05) is 39.0 Å². The fourth-order valence-corrected chi connectivity index (χ4v) is 1.08. The number of carbonyl (C=O) groups is 1. The summed E-state index contributed by atoms with van der Waals surface area (Å²) in [6.45, 7) is 6.75. The standard InChI is InChI=1S/C13H19NO2/c1-10(2)11(3)9-16-13(15)14-12-7-5-4-6-8-12/h4-8,10-11H,9H2,1-3H3,(H,14,15)/t11-/m1/s1. The molecule has 3 nitrogen and oxygen atoms in total. The van der Waals surface area contributed by atoms with E-state index in [1.807, 2.05) is 30.3 Å². The Kier molecular flexibility index (Phi) is 4.83. The Morgan fingerprint density at radius 2 is 1.88 bits per heavy atom. The lowest BCUT2D eigenvalue weighted by molar-refractivity contribution is 0.133. The number of ether oxygens (including phenoxy) is 1. The van der Waals surface area contributed by atoms with E-state index in [1.54, 1.807) is 0 Å². The predicted molar refractivity (Wildman–Crippen MR) is 65.4 cm³/mol. The van der Waals surface area contributed by atoms with Crippen LogP contribution in [0.5, 0.6) is 0 Å². The third kappa shape index (κ3) is 4.34. The number of nitrogens with one attached hydrogen (secondary N) is 1. The molecule has 0 aliphatic heterocycles. The minimum atomic E-state index is -0.390. The molecule has 0 fully saturated rings. The number of rotatable bonds is 4. The van der Waals surface area contributed by atoms with E-state index in [4.69, 9.17) is 4.74 Å². The van der Waals surface area contributed by atoms with Crippen molar-refractivity contribution in [3.63, 3.8) is 0 Å². The topological polar surface area (TPSA) is 38.3 Å². The van der Waals surface area contributed by atoms with Crippen molar-refractivity contribution in [2.75, 3.05) is 11.9 Å². The Balaban J connectivity index is 2.32. The van der Waals surface area contributed by atoms with Crippen molar-refractivity contribution in [2.45, 2.75) is 20.8 Å². The van der Waals surface area contributed by atoms with Crippen LogP contribution < -0.4 is 5.32 Å². The molecule has 0 aromatic heterocycles. The predicted octanol–water partition coefficient (Wildman–Crippen LogP) is 3.53. The van der Waals surface area contributed by atoms with Crippen molar-refractivity contribution in [2.24, 2.45) is 11.8 Å². The number of benzene rings is 1. The Morgan fingerprint density at radius 3 is 2.44 bits per heavy atom. The second kappa shape index (κ2) is 6.16. The van der Waals surface area contributed by atoms with Gasteiger partial charge in [0.1, 0.15) is 0 Å². The van der Waals surface area contributed by atoms with Crippen LogP contribution in [0.15, 0.2) is 30.3 Å². The Labute approximate surface area is 96.8 Å². The Bertz CT molecular complexity index is 322. The molecule has 0 aliphatic carbocycles. The first-order valence-corrected chi connectivity index (χ1v) is 5.58. The quantitative estimate of drug-likeness (QED) is 0.844. The minimum absolute atomic E-state index is 0.376. The number of anilines is 1. The van der Waals surface area contributed by atoms with Gasteiger partial charge in [0.25, 0.3) is 0 Å². The normalized spacial score (nSPS) is 12.2. The van der Waals surface area contributed by atoms with Gasteiger partial charge in [-0.25, -0.2) is 4.79 Å². The summed E-state index contributed by atoms with van der Waals surface area (Å²) >= 11 is 0. The summed E-state index contributed by atoms with van der Waals surface area (Å²) in [5, 5.41) is 2.68. The molecule has 1 aromatic carbocycles. The van der Waals surface area contributed by atoms with Gasteiger partial charge in [0.05, 0.1) is 6.61 Å². The van der Waals surface area contributed by atoms with E-state index < -0.39 is 6.09 Å². The minimum Gasteiger partial charge on any atom is -0.449 e. The van der Waals surface area contributed by atoms with Gasteiger partial charge < -0.3 is 4.74 Å². The molecule has 0 unspecified atom stereocenters. The molecule has 1 amide bonds. The highest BCUT2D eigenvalue weighted by Gasteiger charge is 2.10. The number of hydrogen-bond donors (Lipinski definition) is 1. The van der Waals surface area contributed by atoms with Gasteiger partial charge in [0, 0.05) is 5.69 Å². The van der Waals surface area contributed by atoms with Crippen LogP contribution in [0.25, 0.3) is 0 Å². The second-order valence-corrected chi connectivity index (χ2v) is 4.31. The molecule has 0 saturated heterocycles. The smallest absolute Gasteiger partial charge is 0.411 e. The van der Waals surface area contributed by atoms with Crippen LogP contribution in [0, 0.1) is 11.8 Å². The zero-order chi connectivity index (χ0) is 12.0. The van der Waals surface area contributed by atoms with Gasteiger partial charge in [0.15, 0.2) is 0 Å². The zero-order valence-corrected chi connectivity index (χ0v) is 10.1. The van der Waals surface area contributed by atoms with Gasteiger partial charge in [-0.2, -0.15) is 0 Å². The third-order valence-electron chi connectivity index (χ3n) is 2.64. The van der Waals surface area contributed by atoms with Crippen LogP contribution in [0.1, 0.15) is 20.8 Å². The first kappa shape index (κ1) is 12.6. The van der Waals surface area contributed by atoms with Crippen molar-refractivity contribution in [1.82, 2.24) is 0 Å². The van der Waals surface area contributed by atoms with Crippen molar-refractivity contribution in [3.8, 4) is 0 Å². The fraction of sp³-hybridized carbons (Fsp3) is 0.462. The third-order valence-corrected chi connectivity index (χ3v) is 2.64. The summed E-state index contributed by atoms with van der Waals surface area (Å²) in [5.74, 6) is 0.894. The SMILES string of the molecule is CC(C)[C@H](C)COC(=O)Nc1ccccc1. The lowest BCUT2D eigenvalue weighted by Crippen LogP contribution is -2.19. The summed E-state index contributed by atoms with van der Waals surface area (Å²) in [6.07, 6.45) is -0.390. The van der Waals surface area contributed by atoms with Gasteiger partial charge in [-0.15, -0.1) is 0 Å². The molecule has 1 aromatic rings. The van der Waals surface area contributed by atoms with E-state index in [-0.39, 0.29) is 0 Å². The van der Waals surface area contributed by atoms with Gasteiger partial charge in [-0.3, -0.25) is 5.32 Å². The molecule has 3 heteroatoms. The van der Waals surface area contributed by atoms with E-state index in [0.717, 1.165) is 5.69 Å². The van der Waals surface area contributed by atoms with E-state index in [9.17, 15) is 4.79 Å². The first-order valence-electron chi connectivity index (χ1n) is 5.58. The molecule has 16 heavy (non-hydrogen) atoms. The zero-order valence-electron chi connectivity index (χ0n) is 10.1. The second-order valence-electron chi connectivity index (χ2n) is 4.31. The van der Waals surface area contributed by atoms with Crippen LogP contribution in [0.4, 0.5) is 10.5 Å². The maximum atomic E-state index is 11.4. The molecule has 0 radical (unpaired) electrons. The molecule has 1 N–H and O–H groups in total. The van der Waals surface area contributed by atoms with E-state index in [0.29, 0.717) is 18.4 Å². The van der Waals surface area contributed by atoms with Crippen LogP contribution in [-0.4, -0.2) is 12.7 Å². The maximum absolute atomic E-state index is 11.4. The van der Waals surface area contributed by atoms with E-state index in [2.05, 4.69) is 26.1 Å². The van der Waals surface area contributed by atoms with Gasteiger partial charge >= 0.3 is 6.09 Å². The first-order chi connectivity index (χ1) is 7.59. The average Bonchev–Trinajstić information content (AvgIpc) is 2.27. The molecule has 0 aliphatic rings. The molecule has 1 atom stereocenters. The van der Waals surface area contributed by atoms with Gasteiger partial charge in [-0.05, 0) is 24.0 Å². The summed E-state index contributed by atoms with van der Waals surface area (Å²) in [7, 11) is 0. The number of amides is 1. The van der Waals surface area contributed by atoms with Crippen LogP contribution >= 0.6 is 0 Å². The van der Waals surface area contributed by atoms with Crippen LogP contribution in [0.2, 0.25) is 0 Å². The largest absolute Gasteiger partial charge is 0.449 e. The molecule has 0 heterocycles. The summed E-state index contributed by atoms with van der Waals surface area (Å²) in [4.78, 5) is 11.4. The highest BCUT2D eigenvalue weighted by Crippen LogP contribution is 2.10. The molecule has 0 saturated carbocycles. The Hall–Kier alpha value is -1.51. The van der Waals surface area contributed by atoms with Crippen molar-refractivity contribution in [3.05, 3.63) is 30.3 Å². The molecule has 1 rings (SSSR count). The number of carbonyl (C=O) groups excluding carboxylic acids is 1. The van der Waals surface area contributed by atoms with Crippen molar-refractivity contribution < 1.29 is 9.53 Å². The highest BCUT2D eigenvalue weighted by atomic mass is 16.5. The summed E-state index contributed by atoms with van der Waals surface area (Å²) in [5.41, 5.74) is 0.754. The molecule has 0 spiro atoms. The molecule has 88 valence electrons. The number of para-hydroxylation sites is 1. The van der Waals surface area contributed by atoms with E-state index in [1.165, 1.54) is 0 Å². The fourth-order valence-electron chi connectivity index (χ4n) is 1.08. The Morgan fingerprint density at radius 1 is 1.25 bits per heavy atom. The van der Waals surface area contributed by atoms with Crippen LogP contribution in [-0.2, 0) is 4.74 Å². The van der Waals surface area contributed by atoms with Crippen molar-refractivity contribution >= 4 is 11.8 Å². The summed E-state index contributed by atoms with van der Waals surface area (Å²) in [6, 6.07) is 9.29. The number of hydrogen-bond acceptors (Lipinski definition) is 2. The monoisotopic (exact) mass is 221 g/mol. The van der Waals surface area contributed by atoms with E-state index >= 15 is 0 Å². The molecular formula is C13H19NO2. The molecule has 0 bridgehead atoms. The average molecular weight is 221 g/mol. The van der Waals surface area contributed by atoms with Crippen molar-refractivity contribution in [1.29, 1.82) is 0 Å². The van der Waals surface area contributed by atoms with Crippen LogP contribution in [0.3, 0.4) is 0 Å². The lowest BCUT2D eigenvalue weighted by atomic mass is 10.00. The van der Waals surface area contributed by atoms with Gasteiger partial charge in [0.2, 0.25) is 0 Å². The molecular weight excluding hydrogens is 202 g/mol. The highest BCUT2D eigenvalue weighted by molar-refractivity contribution is 5.84.